The lowest BCUT2D eigenvalue weighted by atomic mass is 9.98. The summed E-state index contributed by atoms with van der Waals surface area (Å²) in [6.07, 6.45) is 11.6. The molecular formula is C29H24FN5OS. The number of hydrogen-bond donors (Lipinski definition) is 2. The number of aromatic nitrogens is 5. The zero-order chi connectivity index (χ0) is 24.8. The van der Waals surface area contributed by atoms with Gasteiger partial charge in [0.15, 0.2) is 5.13 Å². The lowest BCUT2D eigenvalue weighted by molar-refractivity contribution is 0.154. The summed E-state index contributed by atoms with van der Waals surface area (Å²) in [7, 11) is 0. The topological polar surface area (TPSA) is 79.5 Å². The molecule has 0 unspecified atom stereocenters. The fourth-order valence-electron chi connectivity index (χ4n) is 5.24. The van der Waals surface area contributed by atoms with E-state index in [1.54, 1.807) is 12.4 Å². The van der Waals surface area contributed by atoms with Crippen LogP contribution < -0.4 is 4.74 Å². The van der Waals surface area contributed by atoms with Gasteiger partial charge in [0, 0.05) is 38.5 Å². The number of benzene rings is 1. The van der Waals surface area contributed by atoms with Crippen LogP contribution in [0.2, 0.25) is 0 Å². The van der Waals surface area contributed by atoms with E-state index >= 15 is 0 Å². The third-order valence-corrected chi connectivity index (χ3v) is 7.98. The minimum Gasteiger partial charge on any atom is -0.489 e. The molecule has 0 aliphatic heterocycles. The maximum absolute atomic E-state index is 13.7. The van der Waals surface area contributed by atoms with Crippen LogP contribution in [-0.2, 0) is 0 Å². The van der Waals surface area contributed by atoms with Crippen molar-refractivity contribution in [3.05, 3.63) is 72.3 Å². The molecule has 0 atom stereocenters. The number of thiophene rings is 1. The van der Waals surface area contributed by atoms with Crippen molar-refractivity contribution in [2.45, 2.75) is 38.2 Å². The highest BCUT2D eigenvalue weighted by Gasteiger charge is 2.17. The Morgan fingerprint density at radius 1 is 0.919 bits per heavy atom. The fourth-order valence-corrected chi connectivity index (χ4v) is 6.01. The normalized spacial score (nSPS) is 14.5. The van der Waals surface area contributed by atoms with Gasteiger partial charge in [-0.05, 0) is 62.1 Å². The molecule has 5 aromatic heterocycles. The van der Waals surface area contributed by atoms with Crippen LogP contribution in [-0.4, -0.2) is 31.3 Å². The van der Waals surface area contributed by atoms with Gasteiger partial charge in [0.1, 0.15) is 11.4 Å². The minimum atomic E-state index is -0.191. The molecule has 0 saturated heterocycles. The predicted octanol–water partition coefficient (Wildman–Crippen LogP) is 7.75. The summed E-state index contributed by atoms with van der Waals surface area (Å²) >= 11 is 1.15. The van der Waals surface area contributed by atoms with E-state index in [2.05, 4.69) is 31.2 Å². The van der Waals surface area contributed by atoms with E-state index in [9.17, 15) is 4.39 Å². The van der Waals surface area contributed by atoms with Crippen molar-refractivity contribution < 1.29 is 9.13 Å². The first-order chi connectivity index (χ1) is 18.2. The maximum atomic E-state index is 13.7. The summed E-state index contributed by atoms with van der Waals surface area (Å²) < 4.78 is 19.9. The largest absolute Gasteiger partial charge is 0.489 e. The molecule has 6 nitrogen and oxygen atoms in total. The lowest BCUT2D eigenvalue weighted by Crippen LogP contribution is -2.19. The zero-order valence-electron chi connectivity index (χ0n) is 20.0. The first-order valence-electron chi connectivity index (χ1n) is 12.6. The Morgan fingerprint density at radius 3 is 2.70 bits per heavy atom. The van der Waals surface area contributed by atoms with E-state index in [-0.39, 0.29) is 11.2 Å². The molecule has 0 spiro atoms. The molecule has 0 amide bonds. The van der Waals surface area contributed by atoms with Crippen molar-refractivity contribution in [2.24, 2.45) is 0 Å². The Labute approximate surface area is 216 Å². The van der Waals surface area contributed by atoms with Crippen molar-refractivity contribution in [2.75, 3.05) is 0 Å². The minimum absolute atomic E-state index is 0.191. The van der Waals surface area contributed by atoms with Gasteiger partial charge in [0.2, 0.25) is 0 Å². The van der Waals surface area contributed by atoms with E-state index < -0.39 is 0 Å². The van der Waals surface area contributed by atoms with E-state index in [4.69, 9.17) is 4.74 Å². The Morgan fingerprint density at radius 2 is 1.84 bits per heavy atom. The molecule has 184 valence electrons. The standard InChI is InChI=1S/C29H24FN5OS/c30-28-10-9-27(37-28)20-7-4-8-23-21(20)12-25(33-23)29-22-13-24(32-16-26(22)34-35-29)17-11-19(15-31-14-17)36-18-5-2-1-3-6-18/h4,7-16,18,33H,1-3,5-6H2,(H,34,35). The third kappa shape index (κ3) is 4.17. The van der Waals surface area contributed by atoms with Crippen molar-refractivity contribution >= 4 is 33.1 Å². The number of rotatable bonds is 5. The summed E-state index contributed by atoms with van der Waals surface area (Å²) in [5, 5.41) is 9.50. The number of fused-ring (bicyclic) bond motifs is 2. The number of H-pyrrole nitrogens is 2. The molecule has 7 rings (SSSR count). The third-order valence-electron chi connectivity index (χ3n) is 7.07. The van der Waals surface area contributed by atoms with Gasteiger partial charge in [-0.25, -0.2) is 0 Å². The maximum Gasteiger partial charge on any atom is 0.176 e. The van der Waals surface area contributed by atoms with Gasteiger partial charge >= 0.3 is 0 Å². The van der Waals surface area contributed by atoms with E-state index in [0.29, 0.717) is 0 Å². The summed E-state index contributed by atoms with van der Waals surface area (Å²) in [6.45, 7) is 0. The molecule has 0 bridgehead atoms. The summed E-state index contributed by atoms with van der Waals surface area (Å²) in [5.74, 6) is 0.784. The van der Waals surface area contributed by atoms with Crippen molar-refractivity contribution in [3.8, 4) is 38.8 Å². The number of nitrogens with one attached hydrogen (secondary N) is 2. The van der Waals surface area contributed by atoms with Crippen LogP contribution >= 0.6 is 11.3 Å². The van der Waals surface area contributed by atoms with Crippen LogP contribution in [0.1, 0.15) is 32.1 Å². The Kier molecular flexibility index (Phi) is 5.47. The van der Waals surface area contributed by atoms with Crippen molar-refractivity contribution in [3.63, 3.8) is 0 Å². The van der Waals surface area contributed by atoms with E-state index in [1.807, 2.05) is 42.6 Å². The number of ether oxygens (including phenoxy) is 1. The van der Waals surface area contributed by atoms with Crippen LogP contribution in [0, 0.1) is 5.13 Å². The highest BCUT2D eigenvalue weighted by Crippen LogP contribution is 2.37. The van der Waals surface area contributed by atoms with Gasteiger partial charge < -0.3 is 9.72 Å². The highest BCUT2D eigenvalue weighted by molar-refractivity contribution is 7.14. The van der Waals surface area contributed by atoms with E-state index in [1.165, 1.54) is 25.3 Å². The molecule has 1 aliphatic carbocycles. The second-order valence-corrected chi connectivity index (χ2v) is 10.6. The molecule has 37 heavy (non-hydrogen) atoms. The Balaban J connectivity index is 1.26. The quantitative estimate of drug-likeness (QED) is 0.249. The fraction of sp³-hybridized carbons (Fsp3) is 0.207. The van der Waals surface area contributed by atoms with Crippen LogP contribution in [0.4, 0.5) is 4.39 Å². The number of aromatic amines is 2. The van der Waals surface area contributed by atoms with Crippen LogP contribution in [0.25, 0.3) is 54.9 Å². The van der Waals surface area contributed by atoms with Gasteiger partial charge in [-0.3, -0.25) is 15.1 Å². The first-order valence-corrected chi connectivity index (χ1v) is 13.4. The van der Waals surface area contributed by atoms with Crippen molar-refractivity contribution in [1.29, 1.82) is 0 Å². The summed E-state index contributed by atoms with van der Waals surface area (Å²) in [6, 6.07) is 15.5. The average molecular weight is 510 g/mol. The second-order valence-electron chi connectivity index (χ2n) is 9.53. The molecule has 8 heteroatoms. The summed E-state index contributed by atoms with van der Waals surface area (Å²) in [4.78, 5) is 13.5. The van der Waals surface area contributed by atoms with Gasteiger partial charge in [-0.1, -0.05) is 18.6 Å². The molecular weight excluding hydrogens is 485 g/mol. The molecule has 1 aliphatic rings. The van der Waals surface area contributed by atoms with Crippen LogP contribution in [0.3, 0.4) is 0 Å². The molecule has 1 aromatic carbocycles. The Bertz CT molecular complexity index is 1730. The van der Waals surface area contributed by atoms with Gasteiger partial charge in [-0.2, -0.15) is 9.49 Å². The van der Waals surface area contributed by atoms with Crippen LogP contribution in [0.15, 0.2) is 67.1 Å². The average Bonchev–Trinajstić information content (AvgIpc) is 3.66. The predicted molar refractivity (Wildman–Crippen MR) is 145 cm³/mol. The highest BCUT2D eigenvalue weighted by atomic mass is 32.1. The van der Waals surface area contributed by atoms with Crippen molar-refractivity contribution in [1.82, 2.24) is 25.1 Å². The molecule has 1 fully saturated rings. The molecule has 2 N–H and O–H groups in total. The number of nitrogens with zero attached hydrogens (tertiary/aromatic N) is 3. The lowest BCUT2D eigenvalue weighted by Gasteiger charge is -2.22. The van der Waals surface area contributed by atoms with Gasteiger partial charge in [-0.15, -0.1) is 11.3 Å². The molecule has 0 radical (unpaired) electrons. The van der Waals surface area contributed by atoms with Gasteiger partial charge in [0.05, 0.1) is 35.4 Å². The number of pyridine rings is 2. The number of hydrogen-bond acceptors (Lipinski definition) is 5. The monoisotopic (exact) mass is 509 g/mol. The van der Waals surface area contributed by atoms with Gasteiger partial charge in [0.25, 0.3) is 0 Å². The Hall–Kier alpha value is -4.04. The smallest absolute Gasteiger partial charge is 0.176 e. The second kappa shape index (κ2) is 9.12. The number of halogens is 1. The van der Waals surface area contributed by atoms with Crippen LogP contribution in [0.5, 0.6) is 5.75 Å². The molecule has 1 saturated carbocycles. The molecule has 5 heterocycles. The molecule has 6 aromatic rings. The van der Waals surface area contributed by atoms with E-state index in [0.717, 1.165) is 84.8 Å². The first kappa shape index (κ1) is 22.2. The zero-order valence-corrected chi connectivity index (χ0v) is 20.8. The summed E-state index contributed by atoms with van der Waals surface area (Å²) in [5.41, 5.74) is 6.22. The SMILES string of the molecule is Fc1ccc(-c2cccc3[nH]c(-c4n[nH]c5cnc(-c6cncc(OC7CCCCC7)c6)cc45)cc23)s1.